The fraction of sp³-hybridized carbons (Fsp3) is 0.923. The van der Waals surface area contributed by atoms with Crippen LogP contribution < -0.4 is 0 Å². The van der Waals surface area contributed by atoms with Crippen LogP contribution in [0.15, 0.2) is 0 Å². The van der Waals surface area contributed by atoms with Crippen molar-refractivity contribution < 1.29 is 9.53 Å². The van der Waals surface area contributed by atoms with Crippen LogP contribution in [0.25, 0.3) is 0 Å². The molecule has 2 saturated heterocycles. The van der Waals surface area contributed by atoms with E-state index in [0.717, 1.165) is 44.2 Å². The van der Waals surface area contributed by atoms with Crippen LogP contribution in [0.4, 0.5) is 0 Å². The van der Waals surface area contributed by atoms with Gasteiger partial charge in [-0.05, 0) is 25.7 Å². The first-order valence-corrected chi connectivity index (χ1v) is 7.89. The average Bonchev–Trinajstić information content (AvgIpc) is 2.64. The zero-order valence-corrected chi connectivity index (χ0v) is 12.0. The number of carbonyl (C=O) groups is 1. The quantitative estimate of drug-likeness (QED) is 0.734. The molecular formula is C13H22BrNO2. The summed E-state index contributed by atoms with van der Waals surface area (Å²) >= 11 is 3.55. The van der Waals surface area contributed by atoms with Crippen molar-refractivity contribution in [3.63, 3.8) is 0 Å². The molecule has 0 aromatic heterocycles. The Hall–Kier alpha value is -0.0900. The second kappa shape index (κ2) is 6.74. The maximum Gasteiger partial charge on any atom is 0.228 e. The molecule has 2 atom stereocenters. The fourth-order valence-corrected chi connectivity index (χ4v) is 3.47. The highest BCUT2D eigenvalue weighted by Crippen LogP contribution is 2.23. The molecule has 0 radical (unpaired) electrons. The lowest BCUT2D eigenvalue weighted by Crippen LogP contribution is -2.46. The van der Waals surface area contributed by atoms with Gasteiger partial charge in [0, 0.05) is 24.5 Å². The molecule has 4 heteroatoms. The lowest BCUT2D eigenvalue weighted by molar-refractivity contribution is -0.141. The molecule has 0 aromatic rings. The first kappa shape index (κ1) is 13.3. The van der Waals surface area contributed by atoms with Crippen molar-refractivity contribution >= 4 is 21.8 Å². The molecule has 2 unspecified atom stereocenters. The van der Waals surface area contributed by atoms with Crippen LogP contribution in [0.1, 0.15) is 38.5 Å². The third kappa shape index (κ3) is 3.44. The minimum Gasteiger partial charge on any atom is -0.381 e. The second-order valence-electron chi connectivity index (χ2n) is 5.10. The van der Waals surface area contributed by atoms with E-state index < -0.39 is 0 Å². The molecule has 17 heavy (non-hydrogen) atoms. The van der Waals surface area contributed by atoms with Gasteiger partial charge >= 0.3 is 0 Å². The van der Waals surface area contributed by atoms with Gasteiger partial charge in [0.1, 0.15) is 0 Å². The zero-order valence-electron chi connectivity index (χ0n) is 10.4. The minimum atomic E-state index is 0.114. The van der Waals surface area contributed by atoms with Gasteiger partial charge in [0.2, 0.25) is 5.91 Å². The Bertz CT molecular complexity index is 254. The van der Waals surface area contributed by atoms with E-state index in [4.69, 9.17) is 4.74 Å². The van der Waals surface area contributed by atoms with Crippen LogP contribution >= 0.6 is 15.9 Å². The zero-order chi connectivity index (χ0) is 12.1. The van der Waals surface area contributed by atoms with Crippen LogP contribution in [0.3, 0.4) is 0 Å². The predicted octanol–water partition coefficient (Wildman–Crippen LogP) is 2.58. The number of carbonyl (C=O) groups excluding carboxylic acids is 1. The van der Waals surface area contributed by atoms with Crippen LogP contribution in [-0.2, 0) is 9.53 Å². The number of hydrogen-bond acceptors (Lipinski definition) is 2. The number of ether oxygens (including phenoxy) is 1. The summed E-state index contributed by atoms with van der Waals surface area (Å²) in [6, 6.07) is 0.395. The fourth-order valence-electron chi connectivity index (χ4n) is 2.80. The molecule has 2 rings (SSSR count). The third-order valence-corrected chi connectivity index (χ3v) is 4.60. The molecule has 2 aliphatic rings. The molecule has 1 amide bonds. The number of amides is 1. The summed E-state index contributed by atoms with van der Waals surface area (Å²) < 4.78 is 5.43. The molecule has 3 nitrogen and oxygen atoms in total. The number of nitrogens with zero attached hydrogens (tertiary/aromatic N) is 1. The molecule has 2 fully saturated rings. The number of hydrogen-bond donors (Lipinski definition) is 0. The minimum absolute atomic E-state index is 0.114. The van der Waals surface area contributed by atoms with Crippen LogP contribution in [0, 0.1) is 5.92 Å². The molecule has 0 bridgehead atoms. The highest BCUT2D eigenvalue weighted by atomic mass is 79.9. The van der Waals surface area contributed by atoms with Crippen molar-refractivity contribution in [1.29, 1.82) is 0 Å². The van der Waals surface area contributed by atoms with Gasteiger partial charge < -0.3 is 9.64 Å². The third-order valence-electron chi connectivity index (χ3n) is 3.85. The number of halogens is 1. The van der Waals surface area contributed by atoms with E-state index in [1.807, 2.05) is 0 Å². The summed E-state index contributed by atoms with van der Waals surface area (Å²) in [6.45, 7) is 2.39. The molecule has 2 heterocycles. The highest BCUT2D eigenvalue weighted by molar-refractivity contribution is 9.09. The van der Waals surface area contributed by atoms with E-state index in [0.29, 0.717) is 18.6 Å². The van der Waals surface area contributed by atoms with Crippen LogP contribution in [0.2, 0.25) is 0 Å². The normalized spacial score (nSPS) is 31.0. The van der Waals surface area contributed by atoms with Gasteiger partial charge in [0.15, 0.2) is 0 Å². The van der Waals surface area contributed by atoms with E-state index in [2.05, 4.69) is 20.8 Å². The smallest absolute Gasteiger partial charge is 0.228 e. The summed E-state index contributed by atoms with van der Waals surface area (Å²) in [6.07, 6.45) is 6.84. The van der Waals surface area contributed by atoms with Crippen LogP contribution in [-0.4, -0.2) is 41.9 Å². The maximum atomic E-state index is 12.5. The van der Waals surface area contributed by atoms with E-state index >= 15 is 0 Å². The molecule has 0 aromatic carbocycles. The Morgan fingerprint density at radius 2 is 2.12 bits per heavy atom. The predicted molar refractivity (Wildman–Crippen MR) is 71.3 cm³/mol. The molecule has 98 valence electrons. The van der Waals surface area contributed by atoms with Crippen LogP contribution in [0.5, 0.6) is 0 Å². The molecule has 0 saturated carbocycles. The number of likely N-dealkylation sites (tertiary alicyclic amines) is 1. The van der Waals surface area contributed by atoms with Crippen molar-refractivity contribution in [1.82, 2.24) is 4.90 Å². The Balaban J connectivity index is 1.98. The molecule has 0 N–H and O–H groups in total. The summed E-state index contributed by atoms with van der Waals surface area (Å²) in [7, 11) is 0. The summed E-state index contributed by atoms with van der Waals surface area (Å²) in [5.41, 5.74) is 0. The molecular weight excluding hydrogens is 282 g/mol. The van der Waals surface area contributed by atoms with Crippen molar-refractivity contribution in [2.45, 2.75) is 44.6 Å². The van der Waals surface area contributed by atoms with E-state index in [-0.39, 0.29) is 5.92 Å². The van der Waals surface area contributed by atoms with Gasteiger partial charge in [-0.2, -0.15) is 0 Å². The van der Waals surface area contributed by atoms with E-state index in [9.17, 15) is 4.79 Å². The van der Waals surface area contributed by atoms with Gasteiger partial charge in [-0.3, -0.25) is 4.79 Å². The Morgan fingerprint density at radius 1 is 1.24 bits per heavy atom. The number of alkyl halides is 1. The van der Waals surface area contributed by atoms with Gasteiger partial charge in [-0.1, -0.05) is 28.8 Å². The first-order valence-electron chi connectivity index (χ1n) is 6.77. The molecule has 0 spiro atoms. The maximum absolute atomic E-state index is 12.5. The molecule has 0 aliphatic carbocycles. The monoisotopic (exact) mass is 303 g/mol. The Labute approximate surface area is 112 Å². The second-order valence-corrected chi connectivity index (χ2v) is 5.75. The molecule has 2 aliphatic heterocycles. The van der Waals surface area contributed by atoms with Gasteiger partial charge in [-0.25, -0.2) is 0 Å². The van der Waals surface area contributed by atoms with Crippen molar-refractivity contribution in [2.24, 2.45) is 5.92 Å². The summed E-state index contributed by atoms with van der Waals surface area (Å²) in [4.78, 5) is 14.6. The Kier molecular flexibility index (Phi) is 5.29. The number of rotatable bonds is 2. The van der Waals surface area contributed by atoms with Gasteiger partial charge in [0.25, 0.3) is 0 Å². The highest BCUT2D eigenvalue weighted by Gasteiger charge is 2.31. The van der Waals surface area contributed by atoms with Gasteiger partial charge in [-0.15, -0.1) is 0 Å². The van der Waals surface area contributed by atoms with E-state index in [1.54, 1.807) is 0 Å². The van der Waals surface area contributed by atoms with Gasteiger partial charge in [0.05, 0.1) is 12.5 Å². The first-order chi connectivity index (χ1) is 8.33. The van der Waals surface area contributed by atoms with E-state index in [1.165, 1.54) is 12.8 Å². The SMILES string of the molecule is O=C(C1CCCOC1)N1CCCCCC1CBr. The topological polar surface area (TPSA) is 29.5 Å². The lowest BCUT2D eigenvalue weighted by Gasteiger charge is -2.33. The average molecular weight is 304 g/mol. The standard InChI is InChI=1S/C13H22BrNO2/c14-9-12-6-2-1-3-7-15(12)13(16)11-5-4-8-17-10-11/h11-12H,1-10H2. The van der Waals surface area contributed by atoms with Crippen molar-refractivity contribution in [3.8, 4) is 0 Å². The summed E-state index contributed by atoms with van der Waals surface area (Å²) in [5, 5.41) is 0.909. The van der Waals surface area contributed by atoms with Crippen molar-refractivity contribution in [2.75, 3.05) is 25.1 Å². The largest absolute Gasteiger partial charge is 0.381 e. The van der Waals surface area contributed by atoms with Crippen molar-refractivity contribution in [3.05, 3.63) is 0 Å². The lowest BCUT2D eigenvalue weighted by atomic mass is 9.99. The summed E-state index contributed by atoms with van der Waals surface area (Å²) in [5.74, 6) is 0.444. The Morgan fingerprint density at radius 3 is 2.82 bits per heavy atom.